The molecule has 0 aromatic heterocycles. The zero-order chi connectivity index (χ0) is 46.3. The molecule has 0 radical (unpaired) electrons. The van der Waals surface area contributed by atoms with Crippen LogP contribution in [-0.2, 0) is 57.0 Å². The molecule has 0 aliphatic carbocycles. The molecule has 1 N–H and O–H groups in total. The van der Waals surface area contributed by atoms with Gasteiger partial charge in [-0.15, -0.1) is 18.2 Å². The highest BCUT2D eigenvalue weighted by molar-refractivity contribution is 6.26. The van der Waals surface area contributed by atoms with Crippen molar-refractivity contribution in [2.45, 2.75) is 68.3 Å². The van der Waals surface area contributed by atoms with E-state index in [2.05, 4.69) is 6.58 Å². The number of halogens is 1. The van der Waals surface area contributed by atoms with E-state index in [1.54, 1.807) is 72.8 Å². The van der Waals surface area contributed by atoms with Gasteiger partial charge in [-0.25, -0.2) is 19.2 Å². The molecule has 4 aromatic carbocycles. The van der Waals surface area contributed by atoms with Crippen LogP contribution in [0.3, 0.4) is 0 Å². The predicted molar refractivity (Wildman–Crippen MR) is 225 cm³/mol. The van der Waals surface area contributed by atoms with Gasteiger partial charge in [0.05, 0.1) is 35.5 Å². The molecule has 0 bridgehead atoms. The number of rotatable bonds is 18. The lowest BCUT2D eigenvalue weighted by atomic mass is 9.97. The third-order valence-electron chi connectivity index (χ3n) is 9.84. The monoisotopic (exact) mass is 916 g/mol. The van der Waals surface area contributed by atoms with Crippen molar-refractivity contribution in [3.63, 3.8) is 0 Å². The number of carbonyl (C=O) groups is 6. The minimum Gasteiger partial charge on any atom is -0.459 e. The molecule has 2 fully saturated rings. The van der Waals surface area contributed by atoms with Gasteiger partial charge in [0.1, 0.15) is 30.8 Å². The summed E-state index contributed by atoms with van der Waals surface area (Å²) in [7, 11) is 0. The molecular formula is C47H45ClO17. The Morgan fingerprint density at radius 3 is 1.46 bits per heavy atom. The van der Waals surface area contributed by atoms with Gasteiger partial charge in [-0.2, -0.15) is 0 Å². The van der Waals surface area contributed by atoms with Crippen LogP contribution in [0.4, 0.5) is 0 Å². The average molecular weight is 917 g/mol. The summed E-state index contributed by atoms with van der Waals surface area (Å²) in [5.74, 6) is -5.98. The third kappa shape index (κ3) is 12.8. The Bertz CT molecular complexity index is 2230. The molecule has 2 aliphatic rings. The maximum absolute atomic E-state index is 13.8. The summed E-state index contributed by atoms with van der Waals surface area (Å²) in [6.07, 6.45) is -15.0. The van der Waals surface area contributed by atoms with E-state index in [0.29, 0.717) is 0 Å². The molecule has 0 spiro atoms. The number of ether oxygens (including phenoxy) is 10. The van der Waals surface area contributed by atoms with E-state index < -0.39 is 116 Å². The van der Waals surface area contributed by atoms with Gasteiger partial charge in [-0.3, -0.25) is 9.59 Å². The van der Waals surface area contributed by atoms with Crippen LogP contribution in [0.25, 0.3) is 0 Å². The smallest absolute Gasteiger partial charge is 0.338 e. The van der Waals surface area contributed by atoms with Gasteiger partial charge >= 0.3 is 35.8 Å². The quantitative estimate of drug-likeness (QED) is 0.0623. The maximum atomic E-state index is 13.8. The van der Waals surface area contributed by atoms with Crippen molar-refractivity contribution in [1.29, 1.82) is 0 Å². The molecule has 10 atom stereocenters. The SMILES string of the molecule is C=CCO[C@H]1O[C@H](CO[C@H]2O[C@H](COC(=O)c3ccccc3)[C@@H](OC(=O)c3ccccc3)[C@H](OC(=O)c3ccccc3)[C@@H]2OC(C)=O)[C@@H](O)[C@H](OC(=O)c2ccccc2)[C@@H]1OC(=O)CCl. The largest absolute Gasteiger partial charge is 0.459 e. The second kappa shape index (κ2) is 23.5. The molecule has 18 heteroatoms. The van der Waals surface area contributed by atoms with Crippen LogP contribution in [0.15, 0.2) is 134 Å². The highest BCUT2D eigenvalue weighted by Crippen LogP contribution is 2.33. The lowest BCUT2D eigenvalue weighted by Crippen LogP contribution is -2.64. The van der Waals surface area contributed by atoms with E-state index in [9.17, 15) is 33.9 Å². The first-order valence-electron chi connectivity index (χ1n) is 20.2. The summed E-state index contributed by atoms with van der Waals surface area (Å²) >= 11 is 5.75. The van der Waals surface area contributed by atoms with Crippen LogP contribution >= 0.6 is 11.6 Å². The Labute approximate surface area is 377 Å². The Balaban J connectivity index is 1.35. The van der Waals surface area contributed by atoms with E-state index in [1.807, 2.05) is 0 Å². The zero-order valence-electron chi connectivity index (χ0n) is 34.8. The van der Waals surface area contributed by atoms with Gasteiger partial charge in [0.15, 0.2) is 43.1 Å². The van der Waals surface area contributed by atoms with E-state index in [4.69, 9.17) is 59.0 Å². The van der Waals surface area contributed by atoms with Crippen LogP contribution in [0.5, 0.6) is 0 Å². The minimum absolute atomic E-state index is 0.0723. The maximum Gasteiger partial charge on any atom is 0.338 e. The van der Waals surface area contributed by atoms with Gasteiger partial charge in [0.25, 0.3) is 0 Å². The number of aliphatic hydroxyl groups is 1. The lowest BCUT2D eigenvalue weighted by Gasteiger charge is -2.46. The highest BCUT2D eigenvalue weighted by atomic mass is 35.5. The molecule has 0 saturated carbocycles. The molecule has 342 valence electrons. The zero-order valence-corrected chi connectivity index (χ0v) is 35.5. The first-order chi connectivity index (χ1) is 31.5. The summed E-state index contributed by atoms with van der Waals surface area (Å²) in [4.78, 5) is 79.5. The Morgan fingerprint density at radius 2 is 0.985 bits per heavy atom. The standard InChI is InChI=1S/C47H45ClO17/c1-3-24-56-46-40(62-35(50)25-48)38(64-44(54)31-20-12-6-13-21-31)36(51)33(60-46)26-58-47-41(59-28(2)49)39(65-45(55)32-22-14-7-15-23-32)37(63-43(53)30-18-10-5-11-19-30)34(61-47)27-57-42(52)29-16-8-4-9-17-29/h3-23,33-34,36-41,46-47,51H,1,24-27H2,2H3/t33-,34-,36-,37-,38+,39+,40+,41+,46+,47+/m1/s1. The highest BCUT2D eigenvalue weighted by Gasteiger charge is 2.55. The summed E-state index contributed by atoms with van der Waals surface area (Å²) < 4.78 is 58.9. The van der Waals surface area contributed by atoms with E-state index in [0.717, 1.165) is 6.92 Å². The molecule has 2 saturated heterocycles. The minimum atomic E-state index is -1.82. The molecule has 2 heterocycles. The number of esters is 6. The molecule has 17 nitrogen and oxygen atoms in total. The topological polar surface area (TPSA) is 215 Å². The van der Waals surface area contributed by atoms with Crippen LogP contribution in [0.2, 0.25) is 0 Å². The Hall–Kier alpha value is -6.47. The number of alkyl halides is 1. The van der Waals surface area contributed by atoms with E-state index in [-0.39, 0.29) is 28.9 Å². The van der Waals surface area contributed by atoms with Gasteiger partial charge in [0, 0.05) is 6.92 Å². The fourth-order valence-electron chi connectivity index (χ4n) is 6.81. The Kier molecular flexibility index (Phi) is 17.3. The summed E-state index contributed by atoms with van der Waals surface area (Å²) in [5.41, 5.74) is 0.440. The van der Waals surface area contributed by atoms with Crippen molar-refractivity contribution in [3.8, 4) is 0 Å². The van der Waals surface area contributed by atoms with Gasteiger partial charge < -0.3 is 52.5 Å². The van der Waals surface area contributed by atoms with Crippen molar-refractivity contribution >= 4 is 47.4 Å². The number of carbonyl (C=O) groups excluding carboxylic acids is 6. The van der Waals surface area contributed by atoms with Gasteiger partial charge in [0.2, 0.25) is 0 Å². The molecule has 0 amide bonds. The Morgan fingerprint density at radius 1 is 0.554 bits per heavy atom. The molecule has 6 rings (SSSR count). The van der Waals surface area contributed by atoms with E-state index >= 15 is 0 Å². The molecule has 65 heavy (non-hydrogen) atoms. The van der Waals surface area contributed by atoms with E-state index in [1.165, 1.54) is 54.6 Å². The van der Waals surface area contributed by atoms with Crippen molar-refractivity contribution in [1.82, 2.24) is 0 Å². The number of hydrogen-bond donors (Lipinski definition) is 1. The average Bonchev–Trinajstić information content (AvgIpc) is 3.33. The van der Waals surface area contributed by atoms with Crippen LogP contribution in [-0.4, -0.2) is 128 Å². The summed E-state index contributed by atoms with van der Waals surface area (Å²) in [6.45, 7) is 3.24. The van der Waals surface area contributed by atoms with Gasteiger partial charge in [-0.1, -0.05) is 78.9 Å². The lowest BCUT2D eigenvalue weighted by molar-refractivity contribution is -0.330. The fourth-order valence-corrected chi connectivity index (χ4v) is 6.87. The number of aliphatic hydroxyl groups excluding tert-OH is 1. The first kappa shape index (κ1) is 48.0. The molecule has 4 aromatic rings. The molecular weight excluding hydrogens is 872 g/mol. The van der Waals surface area contributed by atoms with Crippen molar-refractivity contribution in [3.05, 3.63) is 156 Å². The van der Waals surface area contributed by atoms with Crippen molar-refractivity contribution in [2.24, 2.45) is 0 Å². The second-order valence-corrected chi connectivity index (χ2v) is 14.6. The fraction of sp³-hybridized carbons (Fsp3) is 0.319. The van der Waals surface area contributed by atoms with Crippen LogP contribution in [0, 0.1) is 0 Å². The number of hydrogen-bond acceptors (Lipinski definition) is 17. The van der Waals surface area contributed by atoms with Gasteiger partial charge in [-0.05, 0) is 48.5 Å². The second-order valence-electron chi connectivity index (χ2n) is 14.4. The number of benzene rings is 4. The van der Waals surface area contributed by atoms with Crippen molar-refractivity contribution < 1.29 is 81.2 Å². The molecule has 2 aliphatic heterocycles. The van der Waals surface area contributed by atoms with Crippen molar-refractivity contribution in [2.75, 3.05) is 25.7 Å². The normalized spacial score (nSPS) is 24.9. The summed E-state index contributed by atoms with van der Waals surface area (Å²) in [5, 5.41) is 11.8. The summed E-state index contributed by atoms with van der Waals surface area (Å²) in [6, 6.07) is 31.3. The van der Waals surface area contributed by atoms with Crippen LogP contribution < -0.4 is 0 Å². The predicted octanol–water partition coefficient (Wildman–Crippen LogP) is 4.63. The first-order valence-corrected chi connectivity index (χ1v) is 20.8. The third-order valence-corrected chi connectivity index (χ3v) is 10.1. The van der Waals surface area contributed by atoms with Crippen LogP contribution in [0.1, 0.15) is 48.4 Å². The molecule has 0 unspecified atom stereocenters.